The van der Waals surface area contributed by atoms with Gasteiger partial charge in [-0.3, -0.25) is 9.78 Å². The maximum Gasteiger partial charge on any atom is 0.225 e. The molecule has 1 amide bonds. The van der Waals surface area contributed by atoms with Gasteiger partial charge in [0.15, 0.2) is 0 Å². The van der Waals surface area contributed by atoms with Crippen LogP contribution in [-0.2, 0) is 4.79 Å². The smallest absolute Gasteiger partial charge is 0.225 e. The lowest BCUT2D eigenvalue weighted by Crippen LogP contribution is -2.23. The Hall–Kier alpha value is -2.34. The lowest BCUT2D eigenvalue weighted by molar-refractivity contribution is -0.116. The van der Waals surface area contributed by atoms with Gasteiger partial charge in [0, 0.05) is 36.0 Å². The van der Waals surface area contributed by atoms with Gasteiger partial charge in [0.25, 0.3) is 0 Å². The van der Waals surface area contributed by atoms with Gasteiger partial charge in [-0.15, -0.1) is 0 Å². The second-order valence-corrected chi connectivity index (χ2v) is 5.27. The van der Waals surface area contributed by atoms with E-state index in [9.17, 15) is 4.79 Å². The molecule has 1 atom stereocenters. The Labute approximate surface area is 119 Å². The first-order chi connectivity index (χ1) is 9.83. The Kier molecular flexibility index (Phi) is 2.50. The fourth-order valence-corrected chi connectivity index (χ4v) is 3.25. The van der Waals surface area contributed by atoms with E-state index in [1.807, 2.05) is 24.3 Å². The van der Waals surface area contributed by atoms with E-state index in [0.29, 0.717) is 6.42 Å². The quantitative estimate of drug-likeness (QED) is 0.745. The SMILES string of the molecule is O=C1CC(c2ccncc2)c2c(ccc3nsnc23)N1. The average molecular weight is 282 g/mol. The van der Waals surface area contributed by atoms with Gasteiger partial charge in [0.1, 0.15) is 11.0 Å². The van der Waals surface area contributed by atoms with E-state index in [-0.39, 0.29) is 11.8 Å². The first-order valence-corrected chi connectivity index (χ1v) is 7.01. The first-order valence-electron chi connectivity index (χ1n) is 6.28. The third kappa shape index (κ3) is 1.69. The molecule has 1 aliphatic rings. The maximum absolute atomic E-state index is 11.9. The van der Waals surface area contributed by atoms with Gasteiger partial charge >= 0.3 is 0 Å². The third-order valence-electron chi connectivity index (χ3n) is 3.59. The van der Waals surface area contributed by atoms with Crippen LogP contribution < -0.4 is 5.32 Å². The van der Waals surface area contributed by atoms with Crippen molar-refractivity contribution >= 4 is 34.4 Å². The molecule has 20 heavy (non-hydrogen) atoms. The van der Waals surface area contributed by atoms with Crippen molar-refractivity contribution in [3.05, 3.63) is 47.8 Å². The van der Waals surface area contributed by atoms with Gasteiger partial charge in [-0.05, 0) is 29.8 Å². The van der Waals surface area contributed by atoms with Crippen molar-refractivity contribution in [2.75, 3.05) is 5.32 Å². The third-order valence-corrected chi connectivity index (χ3v) is 4.13. The largest absolute Gasteiger partial charge is 0.326 e. The summed E-state index contributed by atoms with van der Waals surface area (Å²) in [5.41, 5.74) is 4.74. The molecule has 0 saturated carbocycles. The summed E-state index contributed by atoms with van der Waals surface area (Å²) in [5.74, 6) is 0.0381. The van der Waals surface area contributed by atoms with Crippen molar-refractivity contribution in [2.45, 2.75) is 12.3 Å². The minimum Gasteiger partial charge on any atom is -0.326 e. The van der Waals surface area contributed by atoms with Gasteiger partial charge in [0.2, 0.25) is 5.91 Å². The maximum atomic E-state index is 11.9. The lowest BCUT2D eigenvalue weighted by Gasteiger charge is -2.25. The van der Waals surface area contributed by atoms with Gasteiger partial charge in [0.05, 0.1) is 11.7 Å². The molecule has 1 unspecified atom stereocenters. The van der Waals surface area contributed by atoms with Gasteiger partial charge in [-0.25, -0.2) is 0 Å². The second kappa shape index (κ2) is 4.35. The van der Waals surface area contributed by atoms with Crippen LogP contribution in [0.5, 0.6) is 0 Å². The van der Waals surface area contributed by atoms with E-state index in [1.165, 1.54) is 11.7 Å². The average Bonchev–Trinajstić information content (AvgIpc) is 2.95. The summed E-state index contributed by atoms with van der Waals surface area (Å²) in [6, 6.07) is 7.70. The molecule has 2 aromatic heterocycles. The highest BCUT2D eigenvalue weighted by Gasteiger charge is 2.29. The molecule has 1 aliphatic heterocycles. The summed E-state index contributed by atoms with van der Waals surface area (Å²) in [6.07, 6.45) is 3.93. The summed E-state index contributed by atoms with van der Waals surface area (Å²) >= 11 is 1.20. The van der Waals surface area contributed by atoms with Crippen LogP contribution in [0.3, 0.4) is 0 Å². The molecule has 0 aliphatic carbocycles. The molecule has 3 aromatic rings. The van der Waals surface area contributed by atoms with Crippen molar-refractivity contribution in [1.82, 2.24) is 13.7 Å². The van der Waals surface area contributed by atoms with Crippen LogP contribution in [0.4, 0.5) is 5.69 Å². The first kappa shape index (κ1) is 11.5. The monoisotopic (exact) mass is 282 g/mol. The number of rotatable bonds is 1. The summed E-state index contributed by atoms with van der Waals surface area (Å²) in [7, 11) is 0. The number of carbonyl (C=O) groups excluding carboxylic acids is 1. The Morgan fingerprint density at radius 3 is 2.85 bits per heavy atom. The highest BCUT2D eigenvalue weighted by Crippen LogP contribution is 2.40. The van der Waals surface area contributed by atoms with Crippen LogP contribution in [0.25, 0.3) is 11.0 Å². The molecule has 0 radical (unpaired) electrons. The van der Waals surface area contributed by atoms with Crippen molar-refractivity contribution in [3.8, 4) is 0 Å². The Morgan fingerprint density at radius 2 is 2.00 bits per heavy atom. The number of aromatic nitrogens is 3. The van der Waals surface area contributed by atoms with E-state index in [0.717, 1.165) is 27.8 Å². The molecule has 1 N–H and O–H groups in total. The van der Waals surface area contributed by atoms with Crippen molar-refractivity contribution in [3.63, 3.8) is 0 Å². The highest BCUT2D eigenvalue weighted by atomic mass is 32.1. The molecule has 4 rings (SSSR count). The second-order valence-electron chi connectivity index (χ2n) is 4.74. The van der Waals surface area contributed by atoms with Crippen molar-refractivity contribution < 1.29 is 4.79 Å². The fourth-order valence-electron chi connectivity index (χ4n) is 2.70. The number of nitrogens with one attached hydrogen (secondary N) is 1. The number of fused-ring (bicyclic) bond motifs is 3. The van der Waals surface area contributed by atoms with Gasteiger partial charge in [-0.2, -0.15) is 8.75 Å². The van der Waals surface area contributed by atoms with E-state index in [2.05, 4.69) is 19.0 Å². The number of hydrogen-bond acceptors (Lipinski definition) is 5. The van der Waals surface area contributed by atoms with Crippen molar-refractivity contribution in [1.29, 1.82) is 0 Å². The summed E-state index contributed by atoms with van der Waals surface area (Å²) in [5, 5.41) is 2.92. The van der Waals surface area contributed by atoms with Gasteiger partial charge < -0.3 is 5.32 Å². The molecule has 1 aromatic carbocycles. The minimum atomic E-state index is 0.00866. The van der Waals surface area contributed by atoms with E-state index in [1.54, 1.807) is 12.4 Å². The number of carbonyl (C=O) groups is 1. The van der Waals surface area contributed by atoms with E-state index in [4.69, 9.17) is 0 Å². The number of amides is 1. The number of pyridine rings is 1. The Morgan fingerprint density at radius 1 is 1.15 bits per heavy atom. The number of nitrogens with zero attached hydrogens (tertiary/aromatic N) is 3. The lowest BCUT2D eigenvalue weighted by atomic mass is 9.84. The molecule has 0 fully saturated rings. The molecule has 0 bridgehead atoms. The topological polar surface area (TPSA) is 67.8 Å². The zero-order chi connectivity index (χ0) is 13.5. The van der Waals surface area contributed by atoms with E-state index < -0.39 is 0 Å². The zero-order valence-electron chi connectivity index (χ0n) is 10.4. The Bertz CT molecular complexity index is 799. The van der Waals surface area contributed by atoms with Crippen LogP contribution in [0, 0.1) is 0 Å². The number of anilines is 1. The van der Waals surface area contributed by atoms with Crippen LogP contribution >= 0.6 is 11.7 Å². The molecule has 6 heteroatoms. The molecule has 5 nitrogen and oxygen atoms in total. The predicted molar refractivity (Wildman–Crippen MR) is 76.7 cm³/mol. The minimum absolute atomic E-state index is 0.00866. The molecule has 0 saturated heterocycles. The van der Waals surface area contributed by atoms with Gasteiger partial charge in [-0.1, -0.05) is 0 Å². The summed E-state index contributed by atoms with van der Waals surface area (Å²) in [4.78, 5) is 16.0. The summed E-state index contributed by atoms with van der Waals surface area (Å²) < 4.78 is 8.68. The molecule has 98 valence electrons. The number of benzene rings is 1. The summed E-state index contributed by atoms with van der Waals surface area (Å²) in [6.45, 7) is 0. The number of hydrogen-bond donors (Lipinski definition) is 1. The molecular formula is C14H10N4OS. The predicted octanol–water partition coefficient (Wildman–Crippen LogP) is 2.56. The molecule has 0 spiro atoms. The van der Waals surface area contributed by atoms with Crippen LogP contribution in [0.15, 0.2) is 36.7 Å². The van der Waals surface area contributed by atoms with Crippen molar-refractivity contribution in [2.24, 2.45) is 0 Å². The van der Waals surface area contributed by atoms with E-state index >= 15 is 0 Å². The van der Waals surface area contributed by atoms with Crippen LogP contribution in [-0.4, -0.2) is 19.6 Å². The zero-order valence-corrected chi connectivity index (χ0v) is 11.2. The highest BCUT2D eigenvalue weighted by molar-refractivity contribution is 7.00. The van der Waals surface area contributed by atoms with Crippen LogP contribution in [0.1, 0.15) is 23.5 Å². The molecule has 3 heterocycles. The van der Waals surface area contributed by atoms with Crippen LogP contribution in [0.2, 0.25) is 0 Å². The molecular weight excluding hydrogens is 272 g/mol. The normalized spacial score (nSPS) is 17.8. The Balaban J connectivity index is 1.99. The standard InChI is InChI=1S/C14H10N4OS/c19-12-7-9(8-3-5-15-6-4-8)13-10(16-12)1-2-11-14(13)18-20-17-11/h1-6,9H,7H2,(H,16,19). The fraction of sp³-hybridized carbons (Fsp3) is 0.143.